The van der Waals surface area contributed by atoms with E-state index in [0.29, 0.717) is 28.6 Å². The Morgan fingerprint density at radius 3 is 2.83 bits per heavy atom. The van der Waals surface area contributed by atoms with Crippen LogP contribution in [0.25, 0.3) is 11.5 Å². The highest BCUT2D eigenvalue weighted by Crippen LogP contribution is 2.64. The SMILES string of the molecule is Cc1ncnc(N2CCC3(CC2)CC3c2nnc(-c3cccc(F)c3)o2)c1C#N. The van der Waals surface area contributed by atoms with Crippen LogP contribution >= 0.6 is 0 Å². The zero-order valence-corrected chi connectivity index (χ0v) is 16.0. The number of halogens is 1. The molecule has 0 amide bonds. The van der Waals surface area contributed by atoms with Gasteiger partial charge in [-0.1, -0.05) is 6.07 Å². The van der Waals surface area contributed by atoms with Crippen molar-refractivity contribution in [3.05, 3.63) is 53.6 Å². The van der Waals surface area contributed by atoms with Crippen molar-refractivity contribution in [3.63, 3.8) is 0 Å². The molecule has 1 spiro atoms. The summed E-state index contributed by atoms with van der Waals surface area (Å²) in [6.45, 7) is 3.48. The van der Waals surface area contributed by atoms with Gasteiger partial charge < -0.3 is 9.32 Å². The van der Waals surface area contributed by atoms with Crippen LogP contribution in [0.1, 0.15) is 42.3 Å². The first-order chi connectivity index (χ1) is 14.1. The summed E-state index contributed by atoms with van der Waals surface area (Å²) in [6.07, 6.45) is 4.48. The fourth-order valence-electron chi connectivity index (χ4n) is 4.36. The minimum Gasteiger partial charge on any atom is -0.420 e. The Balaban J connectivity index is 1.29. The number of hydrogen-bond acceptors (Lipinski definition) is 7. The molecule has 1 aliphatic carbocycles. The molecule has 0 bridgehead atoms. The molecule has 1 aliphatic heterocycles. The third-order valence-electron chi connectivity index (χ3n) is 6.19. The van der Waals surface area contributed by atoms with E-state index in [9.17, 15) is 9.65 Å². The van der Waals surface area contributed by atoms with Crippen molar-refractivity contribution in [1.29, 1.82) is 5.26 Å². The van der Waals surface area contributed by atoms with E-state index >= 15 is 0 Å². The second kappa shape index (κ2) is 6.62. The summed E-state index contributed by atoms with van der Waals surface area (Å²) >= 11 is 0. The van der Waals surface area contributed by atoms with Gasteiger partial charge in [-0.05, 0) is 49.8 Å². The third-order valence-corrected chi connectivity index (χ3v) is 6.19. The lowest BCUT2D eigenvalue weighted by atomic mass is 9.90. The number of nitrogens with zero attached hydrogens (tertiary/aromatic N) is 6. The number of rotatable bonds is 3. The first-order valence-electron chi connectivity index (χ1n) is 9.66. The summed E-state index contributed by atoms with van der Waals surface area (Å²) < 4.78 is 19.3. The minimum absolute atomic E-state index is 0.164. The average Bonchev–Trinajstić information content (AvgIpc) is 3.20. The normalized spacial score (nSPS) is 19.9. The lowest BCUT2D eigenvalue weighted by molar-refractivity contribution is 0.352. The fraction of sp³-hybridized carbons (Fsp3) is 0.381. The van der Waals surface area contributed by atoms with Gasteiger partial charge in [0.2, 0.25) is 11.8 Å². The van der Waals surface area contributed by atoms with E-state index in [0.717, 1.165) is 38.2 Å². The van der Waals surface area contributed by atoms with Crippen LogP contribution in [-0.2, 0) is 0 Å². The van der Waals surface area contributed by atoms with E-state index in [1.165, 1.54) is 18.5 Å². The quantitative estimate of drug-likeness (QED) is 0.674. The molecule has 0 radical (unpaired) electrons. The van der Waals surface area contributed by atoms with E-state index in [1.54, 1.807) is 12.1 Å². The van der Waals surface area contributed by atoms with E-state index in [4.69, 9.17) is 4.42 Å². The smallest absolute Gasteiger partial charge is 0.247 e. The predicted octanol–water partition coefficient (Wildman–Crippen LogP) is 3.62. The topological polar surface area (TPSA) is 91.7 Å². The van der Waals surface area contributed by atoms with Gasteiger partial charge in [-0.15, -0.1) is 10.2 Å². The van der Waals surface area contributed by atoms with Gasteiger partial charge in [-0.25, -0.2) is 14.4 Å². The maximum atomic E-state index is 13.4. The highest BCUT2D eigenvalue weighted by Gasteiger charge is 2.58. The van der Waals surface area contributed by atoms with Crippen LogP contribution in [0.2, 0.25) is 0 Å². The number of piperidine rings is 1. The molecule has 1 unspecified atom stereocenters. The second-order valence-electron chi connectivity index (χ2n) is 7.83. The van der Waals surface area contributed by atoms with Crippen LogP contribution in [0.15, 0.2) is 35.0 Å². The number of aryl methyl sites for hydroxylation is 1. The zero-order valence-electron chi connectivity index (χ0n) is 16.0. The summed E-state index contributed by atoms with van der Waals surface area (Å²) in [4.78, 5) is 10.6. The molecule has 1 aromatic carbocycles. The second-order valence-corrected chi connectivity index (χ2v) is 7.83. The molecule has 1 atom stereocenters. The van der Waals surface area contributed by atoms with E-state index in [1.807, 2.05) is 6.92 Å². The molecule has 3 aromatic rings. The van der Waals surface area contributed by atoms with Crippen molar-refractivity contribution < 1.29 is 8.81 Å². The van der Waals surface area contributed by atoms with Gasteiger partial charge in [-0.2, -0.15) is 5.26 Å². The summed E-state index contributed by atoms with van der Waals surface area (Å²) in [5, 5.41) is 17.8. The van der Waals surface area contributed by atoms with Crippen molar-refractivity contribution in [3.8, 4) is 17.5 Å². The van der Waals surface area contributed by atoms with E-state index in [2.05, 4.69) is 31.1 Å². The number of benzene rings is 1. The minimum atomic E-state index is -0.325. The highest BCUT2D eigenvalue weighted by atomic mass is 19.1. The molecule has 0 N–H and O–H groups in total. The van der Waals surface area contributed by atoms with Crippen LogP contribution in [0.4, 0.5) is 10.2 Å². The Labute approximate surface area is 167 Å². The Morgan fingerprint density at radius 1 is 1.24 bits per heavy atom. The van der Waals surface area contributed by atoms with Crippen LogP contribution in [0.5, 0.6) is 0 Å². The van der Waals surface area contributed by atoms with E-state index in [-0.39, 0.29) is 17.2 Å². The Bertz CT molecular complexity index is 1110. The molecular weight excluding hydrogens is 371 g/mol. The van der Waals surface area contributed by atoms with Crippen molar-refractivity contribution in [2.45, 2.75) is 32.1 Å². The standard InChI is InChI=1S/C21H19FN6O/c1-13-16(11-23)18(25-12-24-13)28-7-5-21(6-8-28)10-17(21)20-27-26-19(29-20)14-3-2-4-15(22)9-14/h2-4,9,12,17H,5-8,10H2,1H3. The molecule has 8 heteroatoms. The lowest BCUT2D eigenvalue weighted by Crippen LogP contribution is -2.36. The maximum Gasteiger partial charge on any atom is 0.247 e. The van der Waals surface area contributed by atoms with Gasteiger partial charge in [0.15, 0.2) is 0 Å². The summed E-state index contributed by atoms with van der Waals surface area (Å²) in [6, 6.07) is 8.41. The van der Waals surface area contributed by atoms with Gasteiger partial charge in [-0.3, -0.25) is 0 Å². The average molecular weight is 390 g/mol. The fourth-order valence-corrected chi connectivity index (χ4v) is 4.36. The molecule has 146 valence electrons. The lowest BCUT2D eigenvalue weighted by Gasteiger charge is -2.33. The number of anilines is 1. The largest absolute Gasteiger partial charge is 0.420 e. The first-order valence-corrected chi connectivity index (χ1v) is 9.66. The van der Waals surface area contributed by atoms with Crippen molar-refractivity contribution in [2.75, 3.05) is 18.0 Å². The third kappa shape index (κ3) is 3.03. The monoisotopic (exact) mass is 390 g/mol. The molecule has 1 saturated heterocycles. The van der Waals surface area contributed by atoms with Crippen molar-refractivity contribution in [1.82, 2.24) is 20.2 Å². The van der Waals surface area contributed by atoms with E-state index < -0.39 is 0 Å². The molecule has 5 rings (SSSR count). The number of nitriles is 1. The summed E-state index contributed by atoms with van der Waals surface area (Å²) in [5.74, 6) is 1.62. The molecule has 2 aliphatic rings. The molecule has 3 heterocycles. The summed E-state index contributed by atoms with van der Waals surface area (Å²) in [5.41, 5.74) is 2.01. The number of aromatic nitrogens is 4. The molecule has 29 heavy (non-hydrogen) atoms. The Kier molecular flexibility index (Phi) is 4.05. The van der Waals surface area contributed by atoms with Crippen molar-refractivity contribution in [2.24, 2.45) is 5.41 Å². The van der Waals surface area contributed by atoms with Crippen LogP contribution in [0.3, 0.4) is 0 Å². The summed E-state index contributed by atoms with van der Waals surface area (Å²) in [7, 11) is 0. The molecule has 2 fully saturated rings. The number of hydrogen-bond donors (Lipinski definition) is 0. The Hall–Kier alpha value is -3.34. The van der Waals surface area contributed by atoms with Gasteiger partial charge in [0, 0.05) is 24.6 Å². The van der Waals surface area contributed by atoms with Crippen LogP contribution in [-0.4, -0.2) is 33.3 Å². The van der Waals surface area contributed by atoms with Gasteiger partial charge >= 0.3 is 0 Å². The molecule has 7 nitrogen and oxygen atoms in total. The van der Waals surface area contributed by atoms with Crippen molar-refractivity contribution >= 4 is 5.82 Å². The molecule has 1 saturated carbocycles. The Morgan fingerprint density at radius 2 is 2.07 bits per heavy atom. The molecule has 2 aromatic heterocycles. The first kappa shape index (κ1) is 17.7. The van der Waals surface area contributed by atoms with Crippen LogP contribution < -0.4 is 4.90 Å². The highest BCUT2D eigenvalue weighted by molar-refractivity contribution is 5.56. The van der Waals surface area contributed by atoms with Crippen LogP contribution in [0, 0.1) is 29.5 Å². The maximum absolute atomic E-state index is 13.4. The van der Waals surface area contributed by atoms with Gasteiger partial charge in [0.05, 0.1) is 5.69 Å². The zero-order chi connectivity index (χ0) is 20.0. The van der Waals surface area contributed by atoms with Gasteiger partial charge in [0.25, 0.3) is 0 Å². The molecular formula is C21H19FN6O. The van der Waals surface area contributed by atoms with Gasteiger partial charge in [0.1, 0.15) is 29.6 Å². The predicted molar refractivity (Wildman–Crippen MR) is 102 cm³/mol.